The lowest BCUT2D eigenvalue weighted by molar-refractivity contribution is 0.272. The van der Waals surface area contributed by atoms with E-state index in [2.05, 4.69) is 32.2 Å². The predicted molar refractivity (Wildman–Crippen MR) is 66.8 cm³/mol. The van der Waals surface area contributed by atoms with Crippen molar-refractivity contribution in [2.24, 2.45) is 5.41 Å². The van der Waals surface area contributed by atoms with E-state index in [1.54, 1.807) is 6.07 Å². The molecule has 0 amide bonds. The summed E-state index contributed by atoms with van der Waals surface area (Å²) < 4.78 is 0. The van der Waals surface area contributed by atoms with Crippen LogP contribution in [-0.2, 0) is 12.8 Å². The number of hydrogen-bond acceptors (Lipinski definition) is 2. The second kappa shape index (κ2) is 4.10. The molecule has 0 spiro atoms. The quantitative estimate of drug-likeness (QED) is 0.702. The first kappa shape index (κ1) is 11.5. The molecule has 0 aliphatic carbocycles. The Hall–Kier alpha value is -1.02. The molecule has 0 saturated heterocycles. The minimum atomic E-state index is 0.257. The van der Waals surface area contributed by atoms with Crippen molar-refractivity contribution in [2.75, 3.05) is 6.54 Å². The third-order valence-corrected chi connectivity index (χ3v) is 3.44. The van der Waals surface area contributed by atoms with Crippen LogP contribution in [0, 0.1) is 5.41 Å². The summed E-state index contributed by atoms with van der Waals surface area (Å²) in [4.78, 5) is 0. The molecule has 1 aliphatic rings. The lowest BCUT2D eigenvalue weighted by Crippen LogP contribution is -2.41. The van der Waals surface area contributed by atoms with E-state index in [0.29, 0.717) is 11.8 Å². The molecule has 2 rings (SSSR count). The molecule has 0 fully saturated rings. The number of aromatic hydroxyl groups is 1. The third-order valence-electron chi connectivity index (χ3n) is 3.44. The zero-order valence-corrected chi connectivity index (χ0v) is 10.4. The smallest absolute Gasteiger partial charge is 0.115 e. The van der Waals surface area contributed by atoms with Gasteiger partial charge in [0.15, 0.2) is 0 Å². The van der Waals surface area contributed by atoms with Crippen LogP contribution in [0.4, 0.5) is 0 Å². The Labute approximate surface area is 97.7 Å². The van der Waals surface area contributed by atoms with Crippen molar-refractivity contribution in [1.29, 1.82) is 0 Å². The van der Waals surface area contributed by atoms with Crippen LogP contribution in [0.3, 0.4) is 0 Å². The van der Waals surface area contributed by atoms with Gasteiger partial charge in [0.2, 0.25) is 0 Å². The molecule has 1 aromatic carbocycles. The summed E-state index contributed by atoms with van der Waals surface area (Å²) in [5, 5.41) is 13.2. The van der Waals surface area contributed by atoms with Crippen molar-refractivity contribution >= 4 is 0 Å². The van der Waals surface area contributed by atoms with Crippen LogP contribution in [0.15, 0.2) is 18.2 Å². The SMILES string of the molecule is CC(C)(C)C1Cc2cc(O)ccc2CCN1. The van der Waals surface area contributed by atoms with Crippen LogP contribution in [0.1, 0.15) is 31.9 Å². The van der Waals surface area contributed by atoms with Crippen molar-refractivity contribution in [1.82, 2.24) is 5.32 Å². The van der Waals surface area contributed by atoms with Crippen LogP contribution in [0.25, 0.3) is 0 Å². The van der Waals surface area contributed by atoms with Gasteiger partial charge < -0.3 is 10.4 Å². The molecule has 0 aromatic heterocycles. The fourth-order valence-corrected chi connectivity index (χ4v) is 2.33. The summed E-state index contributed by atoms with van der Waals surface area (Å²) in [7, 11) is 0. The predicted octanol–water partition coefficient (Wildman–Crippen LogP) is 2.50. The third kappa shape index (κ3) is 2.38. The van der Waals surface area contributed by atoms with Crippen LogP contribution in [0.2, 0.25) is 0 Å². The fourth-order valence-electron chi connectivity index (χ4n) is 2.33. The summed E-state index contributed by atoms with van der Waals surface area (Å²) in [5.74, 6) is 0.383. The molecule has 2 N–H and O–H groups in total. The fraction of sp³-hybridized carbons (Fsp3) is 0.571. The van der Waals surface area contributed by atoms with Gasteiger partial charge in [-0.1, -0.05) is 26.8 Å². The number of benzene rings is 1. The molecule has 1 aliphatic heterocycles. The van der Waals surface area contributed by atoms with Crippen LogP contribution in [0.5, 0.6) is 5.75 Å². The van der Waals surface area contributed by atoms with Gasteiger partial charge in [0.1, 0.15) is 5.75 Å². The Morgan fingerprint density at radius 2 is 2.00 bits per heavy atom. The summed E-state index contributed by atoms with van der Waals surface area (Å²) in [6.45, 7) is 7.81. The van der Waals surface area contributed by atoms with Crippen molar-refractivity contribution in [3.05, 3.63) is 29.3 Å². The molecule has 0 bridgehead atoms. The monoisotopic (exact) mass is 219 g/mol. The van der Waals surface area contributed by atoms with E-state index in [1.807, 2.05) is 6.07 Å². The zero-order chi connectivity index (χ0) is 11.8. The van der Waals surface area contributed by atoms with E-state index in [4.69, 9.17) is 0 Å². The van der Waals surface area contributed by atoms with Crippen molar-refractivity contribution in [2.45, 2.75) is 39.7 Å². The summed E-state index contributed by atoms with van der Waals surface area (Å²) >= 11 is 0. The van der Waals surface area contributed by atoms with E-state index in [-0.39, 0.29) is 5.41 Å². The Kier molecular flexibility index (Phi) is 2.94. The second-order valence-corrected chi connectivity index (χ2v) is 5.78. The highest BCUT2D eigenvalue weighted by Crippen LogP contribution is 2.27. The normalized spacial score (nSPS) is 21.3. The minimum absolute atomic E-state index is 0.257. The molecule has 1 atom stereocenters. The lowest BCUT2D eigenvalue weighted by Gasteiger charge is -2.30. The molecule has 1 heterocycles. The first-order valence-electron chi connectivity index (χ1n) is 6.01. The average Bonchev–Trinajstić information content (AvgIpc) is 2.38. The molecule has 88 valence electrons. The van der Waals surface area contributed by atoms with Crippen LogP contribution < -0.4 is 5.32 Å². The second-order valence-electron chi connectivity index (χ2n) is 5.78. The van der Waals surface area contributed by atoms with Crippen molar-refractivity contribution in [3.8, 4) is 5.75 Å². The number of rotatable bonds is 0. The highest BCUT2D eigenvalue weighted by atomic mass is 16.3. The Morgan fingerprint density at radius 3 is 2.69 bits per heavy atom. The first-order chi connectivity index (χ1) is 7.47. The summed E-state index contributed by atoms with van der Waals surface area (Å²) in [5.41, 5.74) is 2.93. The molecule has 2 nitrogen and oxygen atoms in total. The molecule has 1 unspecified atom stereocenters. The van der Waals surface area contributed by atoms with E-state index in [0.717, 1.165) is 19.4 Å². The van der Waals surface area contributed by atoms with Crippen LogP contribution >= 0.6 is 0 Å². The summed E-state index contributed by atoms with van der Waals surface area (Å²) in [6.07, 6.45) is 2.06. The molecule has 1 aromatic rings. The van der Waals surface area contributed by atoms with Gasteiger partial charge in [-0.25, -0.2) is 0 Å². The maximum absolute atomic E-state index is 9.55. The van der Waals surface area contributed by atoms with Gasteiger partial charge in [-0.05, 0) is 48.1 Å². The van der Waals surface area contributed by atoms with Gasteiger partial charge in [0.05, 0.1) is 0 Å². The number of phenols is 1. The molecular formula is C14H21NO. The maximum Gasteiger partial charge on any atom is 0.115 e. The van der Waals surface area contributed by atoms with Gasteiger partial charge in [0, 0.05) is 6.04 Å². The summed E-state index contributed by atoms with van der Waals surface area (Å²) in [6, 6.07) is 6.24. The van der Waals surface area contributed by atoms with Crippen molar-refractivity contribution < 1.29 is 5.11 Å². The average molecular weight is 219 g/mol. The number of phenolic OH excluding ortho intramolecular Hbond substituents is 1. The molecule has 0 radical (unpaired) electrons. The molecule has 2 heteroatoms. The van der Waals surface area contributed by atoms with Crippen LogP contribution in [-0.4, -0.2) is 17.7 Å². The van der Waals surface area contributed by atoms with Crippen molar-refractivity contribution in [3.63, 3.8) is 0 Å². The van der Waals surface area contributed by atoms with Gasteiger partial charge >= 0.3 is 0 Å². The number of nitrogens with one attached hydrogen (secondary N) is 1. The van der Waals surface area contributed by atoms with Gasteiger partial charge in [-0.15, -0.1) is 0 Å². The molecule has 0 saturated carbocycles. The van der Waals surface area contributed by atoms with Gasteiger partial charge in [-0.2, -0.15) is 0 Å². The Balaban J connectivity index is 2.29. The standard InChI is InChI=1S/C14H21NO/c1-14(2,3)13-9-11-8-12(16)5-4-10(11)6-7-15-13/h4-5,8,13,15-16H,6-7,9H2,1-3H3. The van der Waals surface area contributed by atoms with Gasteiger partial charge in [-0.3, -0.25) is 0 Å². The highest BCUT2D eigenvalue weighted by molar-refractivity contribution is 5.36. The van der Waals surface area contributed by atoms with E-state index < -0.39 is 0 Å². The first-order valence-corrected chi connectivity index (χ1v) is 6.01. The highest BCUT2D eigenvalue weighted by Gasteiger charge is 2.26. The van der Waals surface area contributed by atoms with E-state index in [1.165, 1.54) is 11.1 Å². The maximum atomic E-state index is 9.55. The molecular weight excluding hydrogens is 198 g/mol. The largest absolute Gasteiger partial charge is 0.508 e. The Bertz CT molecular complexity index is 379. The number of fused-ring (bicyclic) bond motifs is 1. The van der Waals surface area contributed by atoms with E-state index >= 15 is 0 Å². The topological polar surface area (TPSA) is 32.3 Å². The van der Waals surface area contributed by atoms with Gasteiger partial charge in [0.25, 0.3) is 0 Å². The molecule has 16 heavy (non-hydrogen) atoms. The number of hydrogen-bond donors (Lipinski definition) is 2. The Morgan fingerprint density at radius 1 is 1.25 bits per heavy atom. The lowest BCUT2D eigenvalue weighted by atomic mass is 9.83. The van der Waals surface area contributed by atoms with E-state index in [9.17, 15) is 5.11 Å². The minimum Gasteiger partial charge on any atom is -0.508 e. The zero-order valence-electron chi connectivity index (χ0n) is 10.4.